The number of hydrogen-bond donors (Lipinski definition) is 2. The molecule has 5 heteroatoms. The van der Waals surface area contributed by atoms with Crippen molar-refractivity contribution in [3.63, 3.8) is 0 Å². The van der Waals surface area contributed by atoms with Crippen LogP contribution in [0.25, 0.3) is 0 Å². The van der Waals surface area contributed by atoms with Crippen molar-refractivity contribution in [1.82, 2.24) is 10.6 Å². The lowest BCUT2D eigenvalue weighted by Crippen LogP contribution is -2.35. The monoisotopic (exact) mass is 260 g/mol. The van der Waals surface area contributed by atoms with Crippen LogP contribution in [0.5, 0.6) is 0 Å². The molecule has 0 saturated heterocycles. The van der Waals surface area contributed by atoms with Gasteiger partial charge in [0.25, 0.3) is 0 Å². The summed E-state index contributed by atoms with van der Waals surface area (Å²) in [6, 6.07) is 3.81. The van der Waals surface area contributed by atoms with E-state index in [1.165, 1.54) is 11.3 Å². The molecular weight excluding hydrogens is 244 g/mol. The van der Waals surface area contributed by atoms with E-state index in [2.05, 4.69) is 10.6 Å². The van der Waals surface area contributed by atoms with Crippen LogP contribution in [0.4, 0.5) is 0 Å². The SMILES string of the molecule is CNCC(C)C(=O)NC(C)c1ccc(Cl)s1. The summed E-state index contributed by atoms with van der Waals surface area (Å²) in [6.07, 6.45) is 0. The van der Waals surface area contributed by atoms with E-state index in [0.29, 0.717) is 6.54 Å². The summed E-state index contributed by atoms with van der Waals surface area (Å²) in [7, 11) is 1.84. The number of halogens is 1. The van der Waals surface area contributed by atoms with Gasteiger partial charge in [-0.1, -0.05) is 18.5 Å². The summed E-state index contributed by atoms with van der Waals surface area (Å²) in [4.78, 5) is 12.8. The minimum absolute atomic E-state index is 0.0179. The molecule has 0 aliphatic carbocycles. The maximum absolute atomic E-state index is 11.7. The smallest absolute Gasteiger partial charge is 0.224 e. The lowest BCUT2D eigenvalue weighted by atomic mass is 10.1. The molecule has 2 unspecified atom stereocenters. The Balaban J connectivity index is 2.51. The van der Waals surface area contributed by atoms with Crippen LogP contribution in [0, 0.1) is 5.92 Å². The highest BCUT2D eigenvalue weighted by Gasteiger charge is 2.16. The summed E-state index contributed by atoms with van der Waals surface area (Å²) in [5.74, 6) is 0.0363. The van der Waals surface area contributed by atoms with Crippen molar-refractivity contribution in [2.24, 2.45) is 5.92 Å². The van der Waals surface area contributed by atoms with Gasteiger partial charge in [-0.2, -0.15) is 0 Å². The molecule has 0 bridgehead atoms. The average Bonchev–Trinajstić information content (AvgIpc) is 2.65. The highest BCUT2D eigenvalue weighted by atomic mass is 35.5. The van der Waals surface area contributed by atoms with Gasteiger partial charge in [-0.15, -0.1) is 11.3 Å². The number of amides is 1. The Morgan fingerprint density at radius 2 is 2.19 bits per heavy atom. The Morgan fingerprint density at radius 3 is 2.69 bits per heavy atom. The molecule has 0 aliphatic rings. The first kappa shape index (κ1) is 13.5. The zero-order valence-corrected chi connectivity index (χ0v) is 11.3. The van der Waals surface area contributed by atoms with Crippen LogP contribution in [0.1, 0.15) is 24.8 Å². The number of carbonyl (C=O) groups is 1. The summed E-state index contributed by atoms with van der Waals surface area (Å²) < 4.78 is 0.749. The number of rotatable bonds is 5. The molecule has 1 amide bonds. The van der Waals surface area contributed by atoms with E-state index in [0.717, 1.165) is 9.21 Å². The molecule has 3 nitrogen and oxygen atoms in total. The second-order valence-electron chi connectivity index (χ2n) is 3.83. The van der Waals surface area contributed by atoms with E-state index in [9.17, 15) is 4.79 Å². The van der Waals surface area contributed by atoms with Crippen LogP contribution in [0.3, 0.4) is 0 Å². The number of carbonyl (C=O) groups excluding carboxylic acids is 1. The van der Waals surface area contributed by atoms with Crippen LogP contribution in [0.15, 0.2) is 12.1 Å². The number of nitrogens with one attached hydrogen (secondary N) is 2. The molecule has 0 aromatic carbocycles. The number of hydrogen-bond acceptors (Lipinski definition) is 3. The second kappa shape index (κ2) is 6.23. The van der Waals surface area contributed by atoms with E-state index in [1.807, 2.05) is 33.0 Å². The van der Waals surface area contributed by atoms with E-state index in [4.69, 9.17) is 11.6 Å². The fourth-order valence-electron chi connectivity index (χ4n) is 1.39. The van der Waals surface area contributed by atoms with Crippen molar-refractivity contribution < 1.29 is 4.79 Å². The van der Waals surface area contributed by atoms with E-state index >= 15 is 0 Å². The van der Waals surface area contributed by atoms with Crippen molar-refractivity contribution in [2.75, 3.05) is 13.6 Å². The third-order valence-electron chi connectivity index (χ3n) is 2.34. The molecule has 1 heterocycles. The first-order chi connectivity index (χ1) is 7.54. The molecule has 2 N–H and O–H groups in total. The summed E-state index contributed by atoms with van der Waals surface area (Å²) in [6.45, 7) is 4.55. The second-order valence-corrected chi connectivity index (χ2v) is 5.58. The van der Waals surface area contributed by atoms with Gasteiger partial charge in [0.2, 0.25) is 5.91 Å². The summed E-state index contributed by atoms with van der Waals surface area (Å²) in [5, 5.41) is 5.95. The third kappa shape index (κ3) is 3.77. The Morgan fingerprint density at radius 1 is 1.50 bits per heavy atom. The third-order valence-corrected chi connectivity index (χ3v) is 3.75. The standard InChI is InChI=1S/C11H17ClN2OS/c1-7(6-13-3)11(15)14-8(2)9-4-5-10(12)16-9/h4-5,7-8,13H,6H2,1-3H3,(H,14,15). The Kier molecular flexibility index (Phi) is 5.25. The quantitative estimate of drug-likeness (QED) is 0.854. The molecule has 2 atom stereocenters. The van der Waals surface area contributed by atoms with Crippen molar-refractivity contribution in [2.45, 2.75) is 19.9 Å². The predicted molar refractivity (Wildman–Crippen MR) is 69.0 cm³/mol. The molecule has 0 aliphatic heterocycles. The van der Waals surface area contributed by atoms with Crippen molar-refractivity contribution in [3.8, 4) is 0 Å². The average molecular weight is 261 g/mol. The highest BCUT2D eigenvalue weighted by Crippen LogP contribution is 2.26. The van der Waals surface area contributed by atoms with Gasteiger partial charge in [0.15, 0.2) is 0 Å². The molecule has 16 heavy (non-hydrogen) atoms. The molecule has 1 rings (SSSR count). The topological polar surface area (TPSA) is 41.1 Å². The van der Waals surface area contributed by atoms with Gasteiger partial charge in [-0.3, -0.25) is 4.79 Å². The predicted octanol–water partition coefficient (Wildman–Crippen LogP) is 2.43. The molecule has 1 aromatic heterocycles. The molecule has 1 aromatic rings. The van der Waals surface area contributed by atoms with Crippen LogP contribution in [0.2, 0.25) is 4.34 Å². The van der Waals surface area contributed by atoms with Gasteiger partial charge in [0.1, 0.15) is 0 Å². The summed E-state index contributed by atoms with van der Waals surface area (Å²) >= 11 is 7.35. The first-order valence-electron chi connectivity index (χ1n) is 5.24. The molecule has 0 fully saturated rings. The zero-order valence-electron chi connectivity index (χ0n) is 9.71. The molecule has 0 radical (unpaired) electrons. The van der Waals surface area contributed by atoms with Crippen molar-refractivity contribution in [1.29, 1.82) is 0 Å². The minimum atomic E-state index is -0.0251. The van der Waals surface area contributed by atoms with E-state index < -0.39 is 0 Å². The van der Waals surface area contributed by atoms with Gasteiger partial charge in [0.05, 0.1) is 10.4 Å². The van der Waals surface area contributed by atoms with Crippen LogP contribution in [-0.4, -0.2) is 19.5 Å². The van der Waals surface area contributed by atoms with Crippen LogP contribution >= 0.6 is 22.9 Å². The van der Waals surface area contributed by atoms with Gasteiger partial charge in [-0.25, -0.2) is 0 Å². The van der Waals surface area contributed by atoms with Gasteiger partial charge >= 0.3 is 0 Å². The fourth-order valence-corrected chi connectivity index (χ4v) is 2.45. The van der Waals surface area contributed by atoms with E-state index in [-0.39, 0.29) is 17.9 Å². The van der Waals surface area contributed by atoms with Crippen molar-refractivity contribution >= 4 is 28.8 Å². The minimum Gasteiger partial charge on any atom is -0.348 e. The van der Waals surface area contributed by atoms with Gasteiger partial charge in [0, 0.05) is 17.3 Å². The van der Waals surface area contributed by atoms with E-state index in [1.54, 1.807) is 0 Å². The van der Waals surface area contributed by atoms with Gasteiger partial charge in [-0.05, 0) is 26.1 Å². The molecule has 0 saturated carbocycles. The zero-order chi connectivity index (χ0) is 12.1. The lowest BCUT2D eigenvalue weighted by Gasteiger charge is -2.16. The first-order valence-corrected chi connectivity index (χ1v) is 6.44. The Bertz CT molecular complexity index is 354. The van der Waals surface area contributed by atoms with Gasteiger partial charge < -0.3 is 10.6 Å². The Labute approximate surface area is 105 Å². The Hall–Kier alpha value is -0.580. The molecule has 90 valence electrons. The molecular formula is C11H17ClN2OS. The largest absolute Gasteiger partial charge is 0.348 e. The normalized spacial score (nSPS) is 14.5. The summed E-state index contributed by atoms with van der Waals surface area (Å²) in [5.41, 5.74) is 0. The fraction of sp³-hybridized carbons (Fsp3) is 0.545. The number of thiophene rings is 1. The molecule has 0 spiro atoms. The van der Waals surface area contributed by atoms with Crippen LogP contribution < -0.4 is 10.6 Å². The lowest BCUT2D eigenvalue weighted by molar-refractivity contribution is -0.125. The van der Waals surface area contributed by atoms with Crippen molar-refractivity contribution in [3.05, 3.63) is 21.3 Å². The van der Waals surface area contributed by atoms with Crippen LogP contribution in [-0.2, 0) is 4.79 Å². The maximum atomic E-state index is 11.7. The maximum Gasteiger partial charge on any atom is 0.224 e. The highest BCUT2D eigenvalue weighted by molar-refractivity contribution is 7.16.